The summed E-state index contributed by atoms with van der Waals surface area (Å²) in [5, 5.41) is 0. The second-order valence-corrected chi connectivity index (χ2v) is 4.55. The maximum Gasteiger partial charge on any atom is 0.254 e. The molecule has 1 aliphatic heterocycles. The second-order valence-electron chi connectivity index (χ2n) is 4.55. The summed E-state index contributed by atoms with van der Waals surface area (Å²) in [6.45, 7) is 5.50. The van der Waals surface area contributed by atoms with Crippen LogP contribution in [0, 0.1) is 13.8 Å². The summed E-state index contributed by atoms with van der Waals surface area (Å²) in [5.74, 6) is 0.120. The SMILES string of the molecule is Cc1cccc(C(=O)N2CC[C@@H](N)C2)c1C. The number of carbonyl (C=O) groups excluding carboxylic acids is 1. The summed E-state index contributed by atoms with van der Waals surface area (Å²) in [6.07, 6.45) is 0.913. The third kappa shape index (κ3) is 1.95. The van der Waals surface area contributed by atoms with Gasteiger partial charge in [-0.05, 0) is 37.5 Å². The van der Waals surface area contributed by atoms with Gasteiger partial charge in [0.15, 0.2) is 0 Å². The van der Waals surface area contributed by atoms with Gasteiger partial charge >= 0.3 is 0 Å². The molecule has 1 heterocycles. The van der Waals surface area contributed by atoms with Crippen molar-refractivity contribution in [3.05, 3.63) is 34.9 Å². The Hall–Kier alpha value is -1.35. The van der Waals surface area contributed by atoms with Gasteiger partial charge in [-0.2, -0.15) is 0 Å². The van der Waals surface area contributed by atoms with Crippen molar-refractivity contribution in [2.45, 2.75) is 26.3 Å². The molecule has 1 aliphatic rings. The van der Waals surface area contributed by atoms with Gasteiger partial charge in [0.2, 0.25) is 0 Å². The smallest absolute Gasteiger partial charge is 0.254 e. The van der Waals surface area contributed by atoms with Gasteiger partial charge in [0, 0.05) is 24.7 Å². The van der Waals surface area contributed by atoms with E-state index in [-0.39, 0.29) is 11.9 Å². The topological polar surface area (TPSA) is 46.3 Å². The minimum absolute atomic E-state index is 0.120. The van der Waals surface area contributed by atoms with Crippen molar-refractivity contribution in [2.24, 2.45) is 5.73 Å². The molecule has 0 spiro atoms. The lowest BCUT2D eigenvalue weighted by atomic mass is 10.0. The van der Waals surface area contributed by atoms with Crippen LogP contribution in [0.15, 0.2) is 18.2 Å². The normalized spacial score (nSPS) is 20.2. The van der Waals surface area contributed by atoms with Gasteiger partial charge in [0.25, 0.3) is 5.91 Å². The fourth-order valence-corrected chi connectivity index (χ4v) is 2.12. The fourth-order valence-electron chi connectivity index (χ4n) is 2.12. The molecule has 0 unspecified atom stereocenters. The standard InChI is InChI=1S/C13H18N2O/c1-9-4-3-5-12(10(9)2)13(16)15-7-6-11(14)8-15/h3-5,11H,6-8,14H2,1-2H3/t11-/m1/s1. The van der Waals surface area contributed by atoms with E-state index in [1.165, 1.54) is 0 Å². The Morgan fingerprint density at radius 1 is 1.44 bits per heavy atom. The first-order valence-corrected chi connectivity index (χ1v) is 5.70. The molecule has 86 valence electrons. The van der Waals surface area contributed by atoms with Crippen molar-refractivity contribution >= 4 is 5.91 Å². The van der Waals surface area contributed by atoms with Gasteiger partial charge in [-0.1, -0.05) is 12.1 Å². The molecular weight excluding hydrogens is 200 g/mol. The number of amides is 1. The first-order chi connectivity index (χ1) is 7.59. The summed E-state index contributed by atoms with van der Waals surface area (Å²) >= 11 is 0. The predicted octanol–water partition coefficient (Wildman–Crippen LogP) is 1.48. The molecule has 0 saturated carbocycles. The molecule has 0 aliphatic carbocycles. The maximum atomic E-state index is 12.2. The van der Waals surface area contributed by atoms with Crippen LogP contribution < -0.4 is 5.73 Å². The zero-order valence-corrected chi connectivity index (χ0v) is 9.86. The van der Waals surface area contributed by atoms with Gasteiger partial charge in [0.05, 0.1) is 0 Å². The van der Waals surface area contributed by atoms with Gasteiger partial charge in [-0.25, -0.2) is 0 Å². The number of aryl methyl sites for hydroxylation is 1. The number of benzene rings is 1. The Kier molecular flexibility index (Phi) is 2.97. The Balaban J connectivity index is 2.24. The average molecular weight is 218 g/mol. The zero-order valence-electron chi connectivity index (χ0n) is 9.86. The highest BCUT2D eigenvalue weighted by Gasteiger charge is 2.25. The third-order valence-corrected chi connectivity index (χ3v) is 3.35. The van der Waals surface area contributed by atoms with Crippen molar-refractivity contribution < 1.29 is 4.79 Å². The molecule has 1 saturated heterocycles. The first-order valence-electron chi connectivity index (χ1n) is 5.70. The highest BCUT2D eigenvalue weighted by molar-refractivity contribution is 5.96. The van der Waals surface area contributed by atoms with Gasteiger partial charge in [-0.3, -0.25) is 4.79 Å². The molecular formula is C13H18N2O. The molecule has 3 nitrogen and oxygen atoms in total. The van der Waals surface area contributed by atoms with Crippen LogP contribution in [0.25, 0.3) is 0 Å². The van der Waals surface area contributed by atoms with E-state index < -0.39 is 0 Å². The summed E-state index contributed by atoms with van der Waals surface area (Å²) in [7, 11) is 0. The highest BCUT2D eigenvalue weighted by atomic mass is 16.2. The molecule has 1 atom stereocenters. The third-order valence-electron chi connectivity index (χ3n) is 3.35. The van der Waals surface area contributed by atoms with Gasteiger partial charge < -0.3 is 10.6 Å². The summed E-state index contributed by atoms with van der Waals surface area (Å²) in [4.78, 5) is 14.1. The van der Waals surface area contributed by atoms with Crippen molar-refractivity contribution in [3.63, 3.8) is 0 Å². The van der Waals surface area contributed by atoms with E-state index in [1.807, 2.05) is 36.9 Å². The summed E-state index contributed by atoms with van der Waals surface area (Å²) in [5.41, 5.74) is 8.87. The van der Waals surface area contributed by atoms with E-state index in [0.717, 1.165) is 29.7 Å². The van der Waals surface area contributed by atoms with Crippen molar-refractivity contribution in [3.8, 4) is 0 Å². The Bertz CT molecular complexity index is 414. The molecule has 2 N–H and O–H groups in total. The largest absolute Gasteiger partial charge is 0.337 e. The fraction of sp³-hybridized carbons (Fsp3) is 0.462. The molecule has 1 aromatic carbocycles. The zero-order chi connectivity index (χ0) is 11.7. The van der Waals surface area contributed by atoms with E-state index in [4.69, 9.17) is 5.73 Å². The molecule has 16 heavy (non-hydrogen) atoms. The van der Waals surface area contributed by atoms with Crippen molar-refractivity contribution in [1.29, 1.82) is 0 Å². The van der Waals surface area contributed by atoms with Crippen LogP contribution in [-0.2, 0) is 0 Å². The molecule has 0 bridgehead atoms. The summed E-state index contributed by atoms with van der Waals surface area (Å²) in [6, 6.07) is 6.01. The monoisotopic (exact) mass is 218 g/mol. The molecule has 1 aromatic rings. The minimum Gasteiger partial charge on any atom is -0.337 e. The lowest BCUT2D eigenvalue weighted by Crippen LogP contribution is -2.32. The molecule has 2 rings (SSSR count). The van der Waals surface area contributed by atoms with Crippen LogP contribution in [0.4, 0.5) is 0 Å². The van der Waals surface area contributed by atoms with E-state index in [9.17, 15) is 4.79 Å². The molecule has 0 radical (unpaired) electrons. The number of carbonyl (C=O) groups is 1. The average Bonchev–Trinajstić information content (AvgIpc) is 2.68. The summed E-state index contributed by atoms with van der Waals surface area (Å²) < 4.78 is 0. The van der Waals surface area contributed by atoms with Crippen LogP contribution in [0.2, 0.25) is 0 Å². The van der Waals surface area contributed by atoms with Gasteiger partial charge in [0.1, 0.15) is 0 Å². The number of nitrogens with zero attached hydrogens (tertiary/aromatic N) is 1. The number of hydrogen-bond acceptors (Lipinski definition) is 2. The highest BCUT2D eigenvalue weighted by Crippen LogP contribution is 2.17. The van der Waals surface area contributed by atoms with Gasteiger partial charge in [-0.15, -0.1) is 0 Å². The predicted molar refractivity (Wildman–Crippen MR) is 64.4 cm³/mol. The van der Waals surface area contributed by atoms with Crippen molar-refractivity contribution in [1.82, 2.24) is 4.90 Å². The Morgan fingerprint density at radius 3 is 2.81 bits per heavy atom. The van der Waals surface area contributed by atoms with Crippen LogP contribution in [0.1, 0.15) is 27.9 Å². The maximum absolute atomic E-state index is 12.2. The number of nitrogens with two attached hydrogens (primary N) is 1. The van der Waals surface area contributed by atoms with E-state index >= 15 is 0 Å². The first kappa shape index (κ1) is 11.1. The van der Waals surface area contributed by atoms with Crippen LogP contribution in [0.5, 0.6) is 0 Å². The van der Waals surface area contributed by atoms with Crippen molar-refractivity contribution in [2.75, 3.05) is 13.1 Å². The molecule has 0 aromatic heterocycles. The van der Waals surface area contributed by atoms with Crippen LogP contribution in [-0.4, -0.2) is 29.9 Å². The lowest BCUT2D eigenvalue weighted by Gasteiger charge is -2.17. The quantitative estimate of drug-likeness (QED) is 0.776. The second kappa shape index (κ2) is 4.26. The molecule has 1 fully saturated rings. The van der Waals surface area contributed by atoms with E-state index in [1.54, 1.807) is 0 Å². The number of hydrogen-bond donors (Lipinski definition) is 1. The number of rotatable bonds is 1. The molecule has 1 amide bonds. The van der Waals surface area contributed by atoms with Crippen LogP contribution >= 0.6 is 0 Å². The van der Waals surface area contributed by atoms with Crippen LogP contribution in [0.3, 0.4) is 0 Å². The molecule has 3 heteroatoms. The minimum atomic E-state index is 0.120. The Labute approximate surface area is 96.2 Å². The Morgan fingerprint density at radius 2 is 2.19 bits per heavy atom. The van der Waals surface area contributed by atoms with E-state index in [0.29, 0.717) is 6.54 Å². The van der Waals surface area contributed by atoms with E-state index in [2.05, 4.69) is 0 Å². The lowest BCUT2D eigenvalue weighted by molar-refractivity contribution is 0.0790. The number of likely N-dealkylation sites (tertiary alicyclic amines) is 1.